The standard InChI is InChI=1S/C7H15ClN2O/c1-9(2)7(8)10-3-5-11-6-4-10/h7H,3-6H2,1-2H3. The Morgan fingerprint density at radius 2 is 1.91 bits per heavy atom. The second kappa shape index (κ2) is 4.26. The summed E-state index contributed by atoms with van der Waals surface area (Å²) in [5, 5.41) is 0. The molecule has 1 saturated heterocycles. The molecule has 0 aliphatic carbocycles. The highest BCUT2D eigenvalue weighted by Gasteiger charge is 2.19. The van der Waals surface area contributed by atoms with E-state index in [1.807, 2.05) is 19.0 Å². The zero-order valence-electron chi connectivity index (χ0n) is 7.09. The van der Waals surface area contributed by atoms with E-state index in [9.17, 15) is 0 Å². The number of alkyl halides is 1. The maximum Gasteiger partial charge on any atom is 0.140 e. The first-order chi connectivity index (χ1) is 5.22. The Labute approximate surface area is 72.9 Å². The third-order valence-electron chi connectivity index (χ3n) is 1.77. The maximum absolute atomic E-state index is 6.09. The molecule has 0 aromatic carbocycles. The molecule has 66 valence electrons. The van der Waals surface area contributed by atoms with E-state index < -0.39 is 0 Å². The van der Waals surface area contributed by atoms with Gasteiger partial charge in [0.25, 0.3) is 0 Å². The van der Waals surface area contributed by atoms with E-state index >= 15 is 0 Å². The van der Waals surface area contributed by atoms with Crippen LogP contribution in [0.4, 0.5) is 0 Å². The van der Waals surface area contributed by atoms with Crippen LogP contribution in [0.1, 0.15) is 0 Å². The molecule has 0 aromatic rings. The number of halogens is 1. The van der Waals surface area contributed by atoms with Crippen molar-refractivity contribution in [1.82, 2.24) is 9.80 Å². The van der Waals surface area contributed by atoms with Gasteiger partial charge in [-0.15, -0.1) is 0 Å². The smallest absolute Gasteiger partial charge is 0.140 e. The minimum absolute atomic E-state index is 0.0129. The molecule has 0 bridgehead atoms. The number of ether oxygens (including phenoxy) is 1. The van der Waals surface area contributed by atoms with Crippen LogP contribution in [0.3, 0.4) is 0 Å². The zero-order chi connectivity index (χ0) is 8.27. The lowest BCUT2D eigenvalue weighted by molar-refractivity contribution is 0.00661. The Hall–Kier alpha value is 0.170. The first kappa shape index (κ1) is 9.26. The van der Waals surface area contributed by atoms with Crippen LogP contribution >= 0.6 is 11.6 Å². The lowest BCUT2D eigenvalue weighted by atomic mass is 10.4. The van der Waals surface area contributed by atoms with Crippen LogP contribution in [0.2, 0.25) is 0 Å². The highest BCUT2D eigenvalue weighted by Crippen LogP contribution is 2.09. The molecule has 1 rings (SSSR count). The third kappa shape index (κ3) is 2.60. The molecule has 1 heterocycles. The largest absolute Gasteiger partial charge is 0.379 e. The topological polar surface area (TPSA) is 15.7 Å². The molecule has 0 aromatic heterocycles. The lowest BCUT2D eigenvalue weighted by Gasteiger charge is -2.33. The molecule has 0 saturated carbocycles. The van der Waals surface area contributed by atoms with Gasteiger partial charge in [-0.1, -0.05) is 11.6 Å². The van der Waals surface area contributed by atoms with Crippen LogP contribution in [0, 0.1) is 0 Å². The van der Waals surface area contributed by atoms with Crippen molar-refractivity contribution in [1.29, 1.82) is 0 Å². The first-order valence-electron chi connectivity index (χ1n) is 3.84. The Bertz CT molecular complexity index is 115. The normalized spacial score (nSPS) is 24.0. The molecule has 3 nitrogen and oxygen atoms in total. The van der Waals surface area contributed by atoms with Crippen molar-refractivity contribution in [2.24, 2.45) is 0 Å². The highest BCUT2D eigenvalue weighted by molar-refractivity contribution is 6.20. The van der Waals surface area contributed by atoms with Crippen LogP contribution in [-0.2, 0) is 4.74 Å². The Balaban J connectivity index is 2.32. The number of morpholine rings is 1. The van der Waals surface area contributed by atoms with Crippen molar-refractivity contribution < 1.29 is 4.74 Å². The predicted octanol–water partition coefficient (Wildman–Crippen LogP) is 0.403. The molecule has 0 spiro atoms. The Kier molecular flexibility index (Phi) is 3.59. The average molecular weight is 179 g/mol. The summed E-state index contributed by atoms with van der Waals surface area (Å²) in [5.41, 5.74) is 0.0129. The summed E-state index contributed by atoms with van der Waals surface area (Å²) in [6.07, 6.45) is 0. The third-order valence-corrected chi connectivity index (χ3v) is 2.44. The number of hydrogen-bond acceptors (Lipinski definition) is 3. The van der Waals surface area contributed by atoms with Gasteiger partial charge in [-0.05, 0) is 14.1 Å². The zero-order valence-corrected chi connectivity index (χ0v) is 7.84. The molecule has 1 fully saturated rings. The van der Waals surface area contributed by atoms with E-state index in [0.29, 0.717) is 0 Å². The van der Waals surface area contributed by atoms with Crippen molar-refractivity contribution in [2.45, 2.75) is 5.62 Å². The molecule has 1 atom stereocenters. The van der Waals surface area contributed by atoms with Gasteiger partial charge in [-0.25, -0.2) is 0 Å². The van der Waals surface area contributed by atoms with Gasteiger partial charge in [0, 0.05) is 13.1 Å². The quantitative estimate of drug-likeness (QED) is 0.450. The molecule has 0 amide bonds. The Morgan fingerprint density at radius 3 is 2.36 bits per heavy atom. The van der Waals surface area contributed by atoms with Crippen LogP contribution in [0.15, 0.2) is 0 Å². The van der Waals surface area contributed by atoms with Gasteiger partial charge < -0.3 is 4.74 Å². The molecule has 1 aliphatic rings. The summed E-state index contributed by atoms with van der Waals surface area (Å²) >= 11 is 6.09. The van der Waals surface area contributed by atoms with Crippen molar-refractivity contribution in [3.8, 4) is 0 Å². The number of nitrogens with zero attached hydrogens (tertiary/aromatic N) is 2. The Morgan fingerprint density at radius 1 is 1.36 bits per heavy atom. The van der Waals surface area contributed by atoms with Crippen molar-refractivity contribution in [3.05, 3.63) is 0 Å². The van der Waals surface area contributed by atoms with E-state index in [-0.39, 0.29) is 5.62 Å². The second-order valence-electron chi connectivity index (χ2n) is 2.92. The van der Waals surface area contributed by atoms with E-state index in [4.69, 9.17) is 16.3 Å². The van der Waals surface area contributed by atoms with E-state index in [1.165, 1.54) is 0 Å². The van der Waals surface area contributed by atoms with Gasteiger partial charge >= 0.3 is 0 Å². The second-order valence-corrected chi connectivity index (χ2v) is 3.31. The minimum atomic E-state index is 0.0129. The van der Waals surface area contributed by atoms with E-state index in [2.05, 4.69) is 4.90 Å². The van der Waals surface area contributed by atoms with Crippen LogP contribution in [-0.4, -0.2) is 55.8 Å². The van der Waals surface area contributed by atoms with E-state index in [0.717, 1.165) is 26.3 Å². The summed E-state index contributed by atoms with van der Waals surface area (Å²) in [4.78, 5) is 4.19. The summed E-state index contributed by atoms with van der Waals surface area (Å²) in [7, 11) is 3.96. The maximum atomic E-state index is 6.09. The molecule has 0 N–H and O–H groups in total. The lowest BCUT2D eigenvalue weighted by Crippen LogP contribution is -2.46. The van der Waals surface area contributed by atoms with E-state index in [1.54, 1.807) is 0 Å². The fourth-order valence-electron chi connectivity index (χ4n) is 1.12. The highest BCUT2D eigenvalue weighted by atomic mass is 35.5. The first-order valence-corrected chi connectivity index (χ1v) is 4.28. The van der Waals surface area contributed by atoms with Crippen LogP contribution in [0.25, 0.3) is 0 Å². The summed E-state index contributed by atoms with van der Waals surface area (Å²) in [6.45, 7) is 3.48. The molecule has 1 aliphatic heterocycles. The molecule has 1 unspecified atom stereocenters. The number of rotatable bonds is 2. The van der Waals surface area contributed by atoms with Gasteiger partial charge in [0.2, 0.25) is 0 Å². The fraction of sp³-hybridized carbons (Fsp3) is 1.00. The molecular formula is C7H15ClN2O. The van der Waals surface area contributed by atoms with Crippen LogP contribution < -0.4 is 0 Å². The van der Waals surface area contributed by atoms with Gasteiger partial charge in [0.1, 0.15) is 5.62 Å². The SMILES string of the molecule is CN(C)C(Cl)N1CCOCC1. The molecule has 0 radical (unpaired) electrons. The van der Waals surface area contributed by atoms with Gasteiger partial charge in [0.05, 0.1) is 13.2 Å². The fourth-order valence-corrected chi connectivity index (χ4v) is 1.31. The molecule has 11 heavy (non-hydrogen) atoms. The van der Waals surface area contributed by atoms with Crippen molar-refractivity contribution in [2.75, 3.05) is 40.4 Å². The van der Waals surface area contributed by atoms with Crippen molar-refractivity contribution in [3.63, 3.8) is 0 Å². The summed E-state index contributed by atoms with van der Waals surface area (Å²) in [6, 6.07) is 0. The molecular weight excluding hydrogens is 164 g/mol. The number of hydrogen-bond donors (Lipinski definition) is 0. The molecule has 4 heteroatoms. The van der Waals surface area contributed by atoms with Gasteiger partial charge in [-0.3, -0.25) is 9.80 Å². The summed E-state index contributed by atoms with van der Waals surface area (Å²) in [5.74, 6) is 0. The van der Waals surface area contributed by atoms with Gasteiger partial charge in [-0.2, -0.15) is 0 Å². The van der Waals surface area contributed by atoms with Crippen molar-refractivity contribution >= 4 is 11.6 Å². The minimum Gasteiger partial charge on any atom is -0.379 e. The summed E-state index contributed by atoms with van der Waals surface area (Å²) < 4.78 is 5.21. The average Bonchev–Trinajstić information content (AvgIpc) is 2.05. The van der Waals surface area contributed by atoms with Crippen LogP contribution in [0.5, 0.6) is 0 Å². The monoisotopic (exact) mass is 178 g/mol. The predicted molar refractivity (Wildman–Crippen MR) is 45.7 cm³/mol. The van der Waals surface area contributed by atoms with Gasteiger partial charge in [0.15, 0.2) is 0 Å².